The van der Waals surface area contributed by atoms with Crippen LogP contribution in [0.2, 0.25) is 0 Å². The molecular formula is C17H19N3O5. The Morgan fingerprint density at radius 2 is 1.92 bits per heavy atom. The number of amides is 1. The molecule has 0 aliphatic carbocycles. The number of aromatic amines is 1. The maximum Gasteiger partial charge on any atom is 0.321 e. The summed E-state index contributed by atoms with van der Waals surface area (Å²) in [5.74, 6) is -4.28. The number of hydrogen-bond donors (Lipinski definition) is 4. The lowest BCUT2D eigenvalue weighted by atomic mass is 9.93. The van der Waals surface area contributed by atoms with Gasteiger partial charge in [0, 0.05) is 10.9 Å². The summed E-state index contributed by atoms with van der Waals surface area (Å²) in [6, 6.07) is 4.63. The fourth-order valence-corrected chi connectivity index (χ4v) is 2.62. The SMILES string of the molecule is Cc1c(C(=O)N[C@@H](C)C(=O)[C@H](C=O)C(N)C(=O)O)[nH]c2ccccc12. The first kappa shape index (κ1) is 18.3. The molecule has 132 valence electrons. The van der Waals surface area contributed by atoms with E-state index in [-0.39, 0.29) is 6.29 Å². The van der Waals surface area contributed by atoms with E-state index in [9.17, 15) is 19.2 Å². The number of aryl methyl sites for hydroxylation is 1. The molecule has 0 aliphatic rings. The lowest BCUT2D eigenvalue weighted by Gasteiger charge is -2.19. The third-order valence-electron chi connectivity index (χ3n) is 4.11. The lowest BCUT2D eigenvalue weighted by molar-refractivity contribution is -0.144. The number of nitrogens with one attached hydrogen (secondary N) is 2. The van der Waals surface area contributed by atoms with Gasteiger partial charge in [-0.05, 0) is 25.5 Å². The van der Waals surface area contributed by atoms with Gasteiger partial charge in [-0.25, -0.2) is 0 Å². The summed E-state index contributed by atoms with van der Waals surface area (Å²) in [5.41, 5.74) is 7.16. The zero-order valence-corrected chi connectivity index (χ0v) is 13.8. The van der Waals surface area contributed by atoms with Crippen LogP contribution < -0.4 is 11.1 Å². The number of carbonyl (C=O) groups excluding carboxylic acids is 3. The van der Waals surface area contributed by atoms with Gasteiger partial charge in [0.15, 0.2) is 5.78 Å². The van der Waals surface area contributed by atoms with E-state index in [0.717, 1.165) is 16.5 Å². The van der Waals surface area contributed by atoms with Crippen LogP contribution >= 0.6 is 0 Å². The highest BCUT2D eigenvalue weighted by molar-refractivity contribution is 6.05. The summed E-state index contributed by atoms with van der Waals surface area (Å²) in [7, 11) is 0. The quantitative estimate of drug-likeness (QED) is 0.422. The number of fused-ring (bicyclic) bond motifs is 1. The van der Waals surface area contributed by atoms with Crippen molar-refractivity contribution in [3.05, 3.63) is 35.5 Å². The highest BCUT2D eigenvalue weighted by atomic mass is 16.4. The van der Waals surface area contributed by atoms with Crippen molar-refractivity contribution in [3.63, 3.8) is 0 Å². The highest BCUT2D eigenvalue weighted by Crippen LogP contribution is 2.21. The largest absolute Gasteiger partial charge is 0.480 e. The average Bonchev–Trinajstić information content (AvgIpc) is 2.92. The van der Waals surface area contributed by atoms with E-state index < -0.39 is 35.7 Å². The van der Waals surface area contributed by atoms with Crippen molar-refractivity contribution in [1.29, 1.82) is 0 Å². The standard InChI is InChI=1S/C17H19N3O5/c1-8-10-5-3-4-6-12(10)20-14(8)16(23)19-9(2)15(22)11(7-21)13(18)17(24)25/h3-7,9,11,13,20H,18H2,1-2H3,(H,19,23)(H,24,25)/t9-,11+,13?/m0/s1. The highest BCUT2D eigenvalue weighted by Gasteiger charge is 2.34. The van der Waals surface area contributed by atoms with Crippen LogP contribution in [0.25, 0.3) is 10.9 Å². The van der Waals surface area contributed by atoms with Crippen molar-refractivity contribution in [2.45, 2.75) is 25.9 Å². The summed E-state index contributed by atoms with van der Waals surface area (Å²) in [6.45, 7) is 3.15. The van der Waals surface area contributed by atoms with Crippen LogP contribution in [0.5, 0.6) is 0 Å². The summed E-state index contributed by atoms with van der Waals surface area (Å²) >= 11 is 0. The van der Waals surface area contributed by atoms with Crippen LogP contribution in [0.4, 0.5) is 0 Å². The predicted octanol–water partition coefficient (Wildman–Crippen LogP) is 0.391. The van der Waals surface area contributed by atoms with Gasteiger partial charge in [0.05, 0.1) is 6.04 Å². The number of nitrogens with two attached hydrogens (primary N) is 1. The van der Waals surface area contributed by atoms with Gasteiger partial charge >= 0.3 is 5.97 Å². The van der Waals surface area contributed by atoms with Crippen molar-refractivity contribution in [2.75, 3.05) is 0 Å². The Bertz CT molecular complexity index is 842. The smallest absolute Gasteiger partial charge is 0.321 e. The number of Topliss-reactive ketones (excluding diaryl/α,β-unsaturated/α-hetero) is 1. The molecule has 8 heteroatoms. The maximum absolute atomic E-state index is 12.4. The Kier molecular flexibility index (Phi) is 5.33. The van der Waals surface area contributed by atoms with Gasteiger partial charge in [-0.15, -0.1) is 0 Å². The number of aliphatic carboxylic acids is 1. The number of benzene rings is 1. The number of rotatable bonds is 7. The minimum Gasteiger partial charge on any atom is -0.480 e. The summed E-state index contributed by atoms with van der Waals surface area (Å²) in [6.07, 6.45) is 0.192. The van der Waals surface area contributed by atoms with Crippen molar-refractivity contribution in [1.82, 2.24) is 10.3 Å². The summed E-state index contributed by atoms with van der Waals surface area (Å²) < 4.78 is 0. The van der Waals surface area contributed by atoms with E-state index in [0.29, 0.717) is 5.69 Å². The second-order valence-electron chi connectivity index (χ2n) is 5.79. The van der Waals surface area contributed by atoms with E-state index in [2.05, 4.69) is 10.3 Å². The fourth-order valence-electron chi connectivity index (χ4n) is 2.62. The third kappa shape index (κ3) is 3.58. The van der Waals surface area contributed by atoms with Crippen molar-refractivity contribution >= 4 is 34.8 Å². The molecule has 0 radical (unpaired) electrons. The molecule has 8 nitrogen and oxygen atoms in total. The Morgan fingerprint density at radius 1 is 1.28 bits per heavy atom. The van der Waals surface area contributed by atoms with E-state index in [1.54, 1.807) is 6.92 Å². The minimum atomic E-state index is -1.65. The molecule has 0 bridgehead atoms. The van der Waals surface area contributed by atoms with Crippen molar-refractivity contribution in [3.8, 4) is 0 Å². The fraction of sp³-hybridized carbons (Fsp3) is 0.294. The number of hydrogen-bond acceptors (Lipinski definition) is 5. The van der Waals surface area contributed by atoms with Gasteiger partial charge in [-0.1, -0.05) is 18.2 Å². The van der Waals surface area contributed by atoms with Crippen LogP contribution in [-0.4, -0.2) is 46.1 Å². The van der Waals surface area contributed by atoms with Crippen LogP contribution in [0.15, 0.2) is 24.3 Å². The van der Waals surface area contributed by atoms with Gasteiger partial charge in [-0.2, -0.15) is 0 Å². The number of H-pyrrole nitrogens is 1. The molecule has 1 aromatic carbocycles. The minimum absolute atomic E-state index is 0.192. The van der Waals surface area contributed by atoms with Crippen LogP contribution in [0, 0.1) is 12.8 Å². The average molecular weight is 345 g/mol. The summed E-state index contributed by atoms with van der Waals surface area (Å²) in [4.78, 5) is 49.6. The van der Waals surface area contributed by atoms with E-state index in [1.165, 1.54) is 6.92 Å². The van der Waals surface area contributed by atoms with Gasteiger partial charge < -0.3 is 25.9 Å². The second kappa shape index (κ2) is 7.27. The van der Waals surface area contributed by atoms with Crippen LogP contribution in [-0.2, 0) is 14.4 Å². The number of para-hydroxylation sites is 1. The van der Waals surface area contributed by atoms with Gasteiger partial charge in [0.2, 0.25) is 0 Å². The van der Waals surface area contributed by atoms with E-state index in [1.807, 2.05) is 24.3 Å². The molecule has 0 saturated carbocycles. The zero-order chi connectivity index (χ0) is 18.7. The predicted molar refractivity (Wildman–Crippen MR) is 90.1 cm³/mol. The summed E-state index contributed by atoms with van der Waals surface area (Å²) in [5, 5.41) is 12.2. The Hall–Kier alpha value is -3.00. The Morgan fingerprint density at radius 3 is 2.48 bits per heavy atom. The third-order valence-corrected chi connectivity index (χ3v) is 4.11. The molecule has 1 unspecified atom stereocenters. The monoisotopic (exact) mass is 345 g/mol. The van der Waals surface area contributed by atoms with Crippen LogP contribution in [0.3, 0.4) is 0 Å². The molecule has 1 aromatic heterocycles. The first-order valence-electron chi connectivity index (χ1n) is 7.63. The lowest BCUT2D eigenvalue weighted by Crippen LogP contribution is -2.50. The zero-order valence-electron chi connectivity index (χ0n) is 13.8. The first-order valence-corrected chi connectivity index (χ1v) is 7.63. The number of aldehydes is 1. The Labute approximate surface area is 143 Å². The van der Waals surface area contributed by atoms with Gasteiger partial charge in [0.1, 0.15) is 23.9 Å². The number of ketones is 1. The molecule has 0 spiro atoms. The van der Waals surface area contributed by atoms with E-state index >= 15 is 0 Å². The van der Waals surface area contributed by atoms with Crippen molar-refractivity contribution in [2.24, 2.45) is 11.7 Å². The number of carboxylic acids is 1. The van der Waals surface area contributed by atoms with E-state index in [4.69, 9.17) is 10.8 Å². The Balaban J connectivity index is 2.18. The molecule has 3 atom stereocenters. The molecule has 2 aromatic rings. The normalized spacial score (nSPS) is 14.5. The van der Waals surface area contributed by atoms with Gasteiger partial charge in [0.25, 0.3) is 5.91 Å². The molecule has 1 heterocycles. The van der Waals surface area contributed by atoms with Gasteiger partial charge in [-0.3, -0.25) is 14.4 Å². The second-order valence-corrected chi connectivity index (χ2v) is 5.79. The number of carbonyl (C=O) groups is 4. The molecule has 25 heavy (non-hydrogen) atoms. The molecule has 0 fully saturated rings. The number of carboxylic acid groups (broad SMARTS) is 1. The maximum atomic E-state index is 12.4. The first-order chi connectivity index (χ1) is 11.8. The molecule has 1 amide bonds. The topological polar surface area (TPSA) is 142 Å². The molecule has 0 saturated heterocycles. The molecule has 2 rings (SSSR count). The van der Waals surface area contributed by atoms with Crippen molar-refractivity contribution < 1.29 is 24.3 Å². The molecular weight excluding hydrogens is 326 g/mol. The number of aromatic nitrogens is 1. The molecule has 0 aliphatic heterocycles. The van der Waals surface area contributed by atoms with Crippen LogP contribution in [0.1, 0.15) is 23.0 Å². The molecule has 5 N–H and O–H groups in total.